The van der Waals surface area contributed by atoms with Crippen molar-refractivity contribution in [1.82, 2.24) is 0 Å². The first-order valence-corrected chi connectivity index (χ1v) is 6.24. The Morgan fingerprint density at radius 2 is 2.33 bits per heavy atom. The molecule has 12 heavy (non-hydrogen) atoms. The molecule has 0 aromatic carbocycles. The summed E-state index contributed by atoms with van der Waals surface area (Å²) in [6.07, 6.45) is 0. The van der Waals surface area contributed by atoms with Gasteiger partial charge in [0.2, 0.25) is 0 Å². The lowest BCUT2D eigenvalue weighted by molar-refractivity contribution is 0.185. The van der Waals surface area contributed by atoms with E-state index in [0.29, 0.717) is 4.88 Å². The number of rotatable bonds is 3. The van der Waals surface area contributed by atoms with Gasteiger partial charge in [0, 0.05) is 17.8 Å². The molecule has 1 heterocycles. The predicted molar refractivity (Wildman–Crippen MR) is 48.1 cm³/mol. The Bertz CT molecular complexity index is 355. The van der Waals surface area contributed by atoms with Crippen molar-refractivity contribution in [3.8, 4) is 0 Å². The van der Waals surface area contributed by atoms with Gasteiger partial charge in [-0.05, 0) is 11.4 Å². The Morgan fingerprint density at radius 1 is 1.67 bits per heavy atom. The fraction of sp³-hybridized carbons (Fsp3) is 0.333. The second-order valence-electron chi connectivity index (χ2n) is 2.08. The van der Waals surface area contributed by atoms with Crippen LogP contribution in [0.1, 0.15) is 4.88 Å². The van der Waals surface area contributed by atoms with E-state index >= 15 is 0 Å². The van der Waals surface area contributed by atoms with Gasteiger partial charge in [-0.25, -0.2) is 8.42 Å². The first-order chi connectivity index (χ1) is 5.55. The van der Waals surface area contributed by atoms with Gasteiger partial charge in [0.05, 0.1) is 16.4 Å². The van der Waals surface area contributed by atoms with Gasteiger partial charge in [0.15, 0.2) is 0 Å². The van der Waals surface area contributed by atoms with Crippen LogP contribution in [0.3, 0.4) is 0 Å². The van der Waals surface area contributed by atoms with E-state index in [1.54, 1.807) is 5.38 Å². The quantitative estimate of drug-likeness (QED) is 0.739. The number of hydrogen-bond acceptors (Lipinski definition) is 4. The summed E-state index contributed by atoms with van der Waals surface area (Å²) in [4.78, 5) is 0.781. The molecule has 0 unspecified atom stereocenters. The number of thiophene rings is 1. The van der Waals surface area contributed by atoms with Gasteiger partial charge < -0.3 is 4.74 Å². The topological polar surface area (TPSA) is 43.4 Å². The van der Waals surface area contributed by atoms with Crippen molar-refractivity contribution in [2.75, 3.05) is 7.11 Å². The van der Waals surface area contributed by atoms with Crippen LogP contribution in [0, 0.1) is 0 Å². The number of methoxy groups -OCH3 is 1. The zero-order valence-electron chi connectivity index (χ0n) is 6.28. The average molecular weight is 227 g/mol. The molecule has 0 saturated carbocycles. The van der Waals surface area contributed by atoms with E-state index in [2.05, 4.69) is 0 Å². The molecule has 1 aromatic heterocycles. The predicted octanol–water partition coefficient (Wildman–Crippen LogP) is 1.82. The largest absolute Gasteiger partial charge is 0.379 e. The summed E-state index contributed by atoms with van der Waals surface area (Å²) in [5.41, 5.74) is 0. The van der Waals surface area contributed by atoms with Gasteiger partial charge in [-0.15, -0.1) is 11.3 Å². The number of hydrogen-bond donors (Lipinski definition) is 0. The maximum atomic E-state index is 10.9. The van der Waals surface area contributed by atoms with E-state index in [4.69, 9.17) is 15.4 Å². The van der Waals surface area contributed by atoms with Crippen LogP contribution in [-0.2, 0) is 20.4 Å². The van der Waals surface area contributed by atoms with E-state index in [1.165, 1.54) is 24.5 Å². The Balaban J connectivity index is 3.08. The minimum Gasteiger partial charge on any atom is -0.379 e. The molecule has 0 radical (unpaired) electrons. The molecule has 3 nitrogen and oxygen atoms in total. The molecule has 6 heteroatoms. The number of halogens is 1. The first-order valence-electron chi connectivity index (χ1n) is 3.05. The summed E-state index contributed by atoms with van der Waals surface area (Å²) in [7, 11) is 3.06. The lowest BCUT2D eigenvalue weighted by atomic mass is 10.5. The second kappa shape index (κ2) is 3.74. The molecule has 0 fully saturated rings. The molecule has 0 amide bonds. The summed E-state index contributed by atoms with van der Waals surface area (Å²) in [6, 6.07) is 1.47. The van der Waals surface area contributed by atoms with Crippen molar-refractivity contribution in [3.63, 3.8) is 0 Å². The summed E-state index contributed by atoms with van der Waals surface area (Å²) >= 11 is 1.31. The molecule has 0 aliphatic rings. The van der Waals surface area contributed by atoms with E-state index < -0.39 is 9.05 Å². The zero-order chi connectivity index (χ0) is 9.19. The second-order valence-corrected chi connectivity index (χ2v) is 5.61. The first kappa shape index (κ1) is 9.98. The summed E-state index contributed by atoms with van der Waals surface area (Å²) in [6.45, 7) is 0.277. The molecule has 0 saturated heterocycles. The van der Waals surface area contributed by atoms with Crippen molar-refractivity contribution in [2.24, 2.45) is 0 Å². The SMILES string of the molecule is COCc1sccc1S(=O)(=O)Cl. The third-order valence-electron chi connectivity index (χ3n) is 1.24. The molecule has 1 rings (SSSR count). The Hall–Kier alpha value is -0.100. The monoisotopic (exact) mass is 226 g/mol. The smallest absolute Gasteiger partial charge is 0.262 e. The fourth-order valence-corrected chi connectivity index (χ4v) is 3.21. The minimum atomic E-state index is -3.61. The van der Waals surface area contributed by atoms with Crippen LogP contribution in [0.15, 0.2) is 16.3 Å². The standard InChI is InChI=1S/C6H7ClO3S2/c1-10-4-5-6(2-3-11-5)12(7,8)9/h2-3H,4H2,1H3. The highest BCUT2D eigenvalue weighted by atomic mass is 35.7. The summed E-state index contributed by atoms with van der Waals surface area (Å²) in [5, 5.41) is 1.67. The summed E-state index contributed by atoms with van der Waals surface area (Å²) < 4.78 is 26.6. The molecular formula is C6H7ClO3S2. The van der Waals surface area contributed by atoms with Gasteiger partial charge in [-0.3, -0.25) is 0 Å². The summed E-state index contributed by atoms with van der Waals surface area (Å²) in [5.74, 6) is 0. The van der Waals surface area contributed by atoms with Crippen molar-refractivity contribution in [3.05, 3.63) is 16.3 Å². The molecule has 68 valence electrons. The van der Waals surface area contributed by atoms with E-state index in [0.717, 1.165) is 0 Å². The van der Waals surface area contributed by atoms with E-state index in [-0.39, 0.29) is 11.5 Å². The van der Waals surface area contributed by atoms with Crippen LogP contribution >= 0.6 is 22.0 Å². The lowest BCUT2D eigenvalue weighted by Crippen LogP contribution is -1.94. The zero-order valence-corrected chi connectivity index (χ0v) is 8.67. The van der Waals surface area contributed by atoms with Crippen molar-refractivity contribution < 1.29 is 13.2 Å². The third kappa shape index (κ3) is 2.20. The van der Waals surface area contributed by atoms with Crippen molar-refractivity contribution in [1.29, 1.82) is 0 Å². The van der Waals surface area contributed by atoms with Crippen LogP contribution in [0.2, 0.25) is 0 Å². The normalized spacial score (nSPS) is 11.8. The van der Waals surface area contributed by atoms with Crippen molar-refractivity contribution in [2.45, 2.75) is 11.5 Å². The maximum Gasteiger partial charge on any atom is 0.262 e. The molecule has 0 aliphatic carbocycles. The highest BCUT2D eigenvalue weighted by Crippen LogP contribution is 2.25. The van der Waals surface area contributed by atoms with Crippen LogP contribution in [0.5, 0.6) is 0 Å². The molecule has 0 atom stereocenters. The Morgan fingerprint density at radius 3 is 2.83 bits per heavy atom. The average Bonchev–Trinajstić information content (AvgIpc) is 2.34. The van der Waals surface area contributed by atoms with E-state index in [1.807, 2.05) is 0 Å². The number of ether oxygens (including phenoxy) is 1. The third-order valence-corrected chi connectivity index (χ3v) is 3.67. The van der Waals surface area contributed by atoms with Gasteiger partial charge in [-0.1, -0.05) is 0 Å². The van der Waals surface area contributed by atoms with Crippen LogP contribution in [0.4, 0.5) is 0 Å². The maximum absolute atomic E-state index is 10.9. The highest BCUT2D eigenvalue weighted by molar-refractivity contribution is 8.13. The molecule has 0 spiro atoms. The molecule has 0 N–H and O–H groups in total. The molecule has 0 bridgehead atoms. The van der Waals surface area contributed by atoms with Gasteiger partial charge in [0.25, 0.3) is 9.05 Å². The Kier molecular flexibility index (Phi) is 3.11. The molecular weight excluding hydrogens is 220 g/mol. The van der Waals surface area contributed by atoms with Crippen LogP contribution < -0.4 is 0 Å². The lowest BCUT2D eigenvalue weighted by Gasteiger charge is -1.97. The van der Waals surface area contributed by atoms with Gasteiger partial charge >= 0.3 is 0 Å². The van der Waals surface area contributed by atoms with Crippen LogP contribution in [0.25, 0.3) is 0 Å². The molecule has 1 aromatic rings. The van der Waals surface area contributed by atoms with Gasteiger partial charge in [-0.2, -0.15) is 0 Å². The molecule has 0 aliphatic heterocycles. The van der Waals surface area contributed by atoms with Gasteiger partial charge in [0.1, 0.15) is 0 Å². The Labute approximate surface area is 79.3 Å². The van der Waals surface area contributed by atoms with Crippen molar-refractivity contribution >= 4 is 31.1 Å². The highest BCUT2D eigenvalue weighted by Gasteiger charge is 2.16. The van der Waals surface area contributed by atoms with E-state index in [9.17, 15) is 8.42 Å². The van der Waals surface area contributed by atoms with Crippen LogP contribution in [-0.4, -0.2) is 15.5 Å². The minimum absolute atomic E-state index is 0.149. The fourth-order valence-electron chi connectivity index (χ4n) is 0.782.